The standard InChI is InChI=1S/C12H14BrN3/c1-8-5-9(2)16(15-8)12-6-11(13)4-3-10(12)7-14/h3-6H,7,14H2,1-2H3. The van der Waals surface area contributed by atoms with E-state index in [0.717, 1.165) is 27.1 Å². The molecule has 16 heavy (non-hydrogen) atoms. The van der Waals surface area contributed by atoms with Crippen LogP contribution in [0.2, 0.25) is 0 Å². The van der Waals surface area contributed by atoms with Crippen LogP contribution in [0.15, 0.2) is 28.7 Å². The smallest absolute Gasteiger partial charge is 0.0704 e. The highest BCUT2D eigenvalue weighted by molar-refractivity contribution is 9.10. The Morgan fingerprint density at radius 2 is 2.06 bits per heavy atom. The van der Waals surface area contributed by atoms with E-state index in [1.165, 1.54) is 0 Å². The maximum atomic E-state index is 5.74. The summed E-state index contributed by atoms with van der Waals surface area (Å²) in [7, 11) is 0. The molecule has 0 saturated carbocycles. The van der Waals surface area contributed by atoms with Crippen LogP contribution < -0.4 is 5.73 Å². The van der Waals surface area contributed by atoms with E-state index < -0.39 is 0 Å². The number of aryl methyl sites for hydroxylation is 2. The van der Waals surface area contributed by atoms with Gasteiger partial charge in [0.25, 0.3) is 0 Å². The molecule has 1 heterocycles. The summed E-state index contributed by atoms with van der Waals surface area (Å²) >= 11 is 3.47. The molecule has 0 bridgehead atoms. The van der Waals surface area contributed by atoms with Crippen molar-refractivity contribution in [2.75, 3.05) is 0 Å². The molecule has 1 aromatic heterocycles. The third-order valence-electron chi connectivity index (χ3n) is 2.51. The van der Waals surface area contributed by atoms with Gasteiger partial charge in [-0.25, -0.2) is 4.68 Å². The second kappa shape index (κ2) is 4.39. The Bertz CT molecular complexity index is 517. The second-order valence-corrected chi connectivity index (χ2v) is 4.73. The number of halogens is 1. The lowest BCUT2D eigenvalue weighted by molar-refractivity contribution is 0.817. The van der Waals surface area contributed by atoms with Gasteiger partial charge < -0.3 is 5.73 Å². The van der Waals surface area contributed by atoms with Crippen LogP contribution in [0.3, 0.4) is 0 Å². The van der Waals surface area contributed by atoms with E-state index in [1.807, 2.05) is 36.7 Å². The summed E-state index contributed by atoms with van der Waals surface area (Å²) in [4.78, 5) is 0. The second-order valence-electron chi connectivity index (χ2n) is 3.82. The number of benzene rings is 1. The summed E-state index contributed by atoms with van der Waals surface area (Å²) in [5.41, 5.74) is 10.0. The summed E-state index contributed by atoms with van der Waals surface area (Å²) in [5.74, 6) is 0. The monoisotopic (exact) mass is 279 g/mol. The molecule has 0 amide bonds. The number of aromatic nitrogens is 2. The predicted molar refractivity (Wildman–Crippen MR) is 68.6 cm³/mol. The molecule has 0 spiro atoms. The lowest BCUT2D eigenvalue weighted by Crippen LogP contribution is -2.07. The third kappa shape index (κ3) is 2.03. The number of hydrogen-bond acceptors (Lipinski definition) is 2. The largest absolute Gasteiger partial charge is 0.326 e. The lowest BCUT2D eigenvalue weighted by atomic mass is 10.2. The first-order valence-corrected chi connectivity index (χ1v) is 5.93. The van der Waals surface area contributed by atoms with Gasteiger partial charge in [-0.15, -0.1) is 0 Å². The lowest BCUT2D eigenvalue weighted by Gasteiger charge is -2.10. The Morgan fingerprint density at radius 3 is 2.62 bits per heavy atom. The topological polar surface area (TPSA) is 43.8 Å². The highest BCUT2D eigenvalue weighted by Crippen LogP contribution is 2.21. The Balaban J connectivity index is 2.62. The first-order valence-electron chi connectivity index (χ1n) is 5.14. The van der Waals surface area contributed by atoms with Crippen molar-refractivity contribution in [3.63, 3.8) is 0 Å². The summed E-state index contributed by atoms with van der Waals surface area (Å²) < 4.78 is 2.97. The molecule has 1 aromatic carbocycles. The molecule has 0 saturated heterocycles. The fourth-order valence-corrected chi connectivity index (χ4v) is 2.13. The average molecular weight is 280 g/mol. The number of nitrogens with zero attached hydrogens (tertiary/aromatic N) is 2. The van der Waals surface area contributed by atoms with Crippen molar-refractivity contribution in [3.05, 3.63) is 45.7 Å². The van der Waals surface area contributed by atoms with E-state index in [9.17, 15) is 0 Å². The van der Waals surface area contributed by atoms with Crippen molar-refractivity contribution >= 4 is 15.9 Å². The average Bonchev–Trinajstić information content (AvgIpc) is 2.57. The van der Waals surface area contributed by atoms with Gasteiger partial charge in [0.05, 0.1) is 11.4 Å². The minimum atomic E-state index is 0.515. The normalized spacial score (nSPS) is 10.8. The van der Waals surface area contributed by atoms with Crippen molar-refractivity contribution in [2.24, 2.45) is 5.73 Å². The van der Waals surface area contributed by atoms with E-state index in [0.29, 0.717) is 6.54 Å². The first kappa shape index (κ1) is 11.4. The Labute approximate surface area is 103 Å². The SMILES string of the molecule is Cc1cc(C)n(-c2cc(Br)ccc2CN)n1. The fourth-order valence-electron chi connectivity index (χ4n) is 1.78. The minimum Gasteiger partial charge on any atom is -0.326 e. The zero-order chi connectivity index (χ0) is 11.7. The van der Waals surface area contributed by atoms with E-state index in [2.05, 4.69) is 27.1 Å². The van der Waals surface area contributed by atoms with Gasteiger partial charge in [0.1, 0.15) is 0 Å². The van der Waals surface area contributed by atoms with Crippen LogP contribution in [0.1, 0.15) is 17.0 Å². The van der Waals surface area contributed by atoms with Crippen molar-refractivity contribution < 1.29 is 0 Å². The van der Waals surface area contributed by atoms with Crippen molar-refractivity contribution in [1.29, 1.82) is 0 Å². The molecule has 0 radical (unpaired) electrons. The molecular formula is C12H14BrN3. The molecule has 0 unspecified atom stereocenters. The van der Waals surface area contributed by atoms with Crippen LogP contribution in [0, 0.1) is 13.8 Å². The zero-order valence-electron chi connectivity index (χ0n) is 9.37. The molecule has 4 heteroatoms. The van der Waals surface area contributed by atoms with Gasteiger partial charge in [-0.05, 0) is 37.6 Å². The van der Waals surface area contributed by atoms with Crippen molar-refractivity contribution in [2.45, 2.75) is 20.4 Å². The highest BCUT2D eigenvalue weighted by atomic mass is 79.9. The summed E-state index contributed by atoms with van der Waals surface area (Å²) in [6.07, 6.45) is 0. The maximum Gasteiger partial charge on any atom is 0.0704 e. The Kier molecular flexibility index (Phi) is 3.12. The van der Waals surface area contributed by atoms with Crippen molar-refractivity contribution in [3.8, 4) is 5.69 Å². The highest BCUT2D eigenvalue weighted by Gasteiger charge is 2.08. The molecule has 2 rings (SSSR count). The molecule has 0 aliphatic carbocycles. The molecule has 0 atom stereocenters. The molecule has 0 aliphatic rings. The van der Waals surface area contributed by atoms with Crippen LogP contribution >= 0.6 is 15.9 Å². The van der Waals surface area contributed by atoms with E-state index >= 15 is 0 Å². The molecule has 3 nitrogen and oxygen atoms in total. The van der Waals surface area contributed by atoms with Crippen LogP contribution in [0.4, 0.5) is 0 Å². The summed E-state index contributed by atoms with van der Waals surface area (Å²) in [5, 5.41) is 4.47. The molecule has 84 valence electrons. The molecule has 0 aliphatic heterocycles. The quantitative estimate of drug-likeness (QED) is 0.919. The van der Waals surface area contributed by atoms with Crippen LogP contribution in [-0.2, 0) is 6.54 Å². The predicted octanol–water partition coefficient (Wildman–Crippen LogP) is 2.71. The number of nitrogens with two attached hydrogens (primary N) is 1. The fraction of sp³-hybridized carbons (Fsp3) is 0.250. The van der Waals surface area contributed by atoms with Crippen LogP contribution in [-0.4, -0.2) is 9.78 Å². The Morgan fingerprint density at radius 1 is 1.31 bits per heavy atom. The summed E-state index contributed by atoms with van der Waals surface area (Å²) in [6.45, 7) is 4.55. The van der Waals surface area contributed by atoms with Crippen molar-refractivity contribution in [1.82, 2.24) is 9.78 Å². The molecular weight excluding hydrogens is 266 g/mol. The maximum absolute atomic E-state index is 5.74. The number of hydrogen-bond donors (Lipinski definition) is 1. The zero-order valence-corrected chi connectivity index (χ0v) is 11.0. The van der Waals surface area contributed by atoms with Gasteiger partial charge in [0, 0.05) is 16.7 Å². The van der Waals surface area contributed by atoms with Crippen LogP contribution in [0.5, 0.6) is 0 Å². The third-order valence-corrected chi connectivity index (χ3v) is 3.00. The van der Waals surface area contributed by atoms with Gasteiger partial charge in [-0.1, -0.05) is 22.0 Å². The van der Waals surface area contributed by atoms with Gasteiger partial charge in [0.15, 0.2) is 0 Å². The van der Waals surface area contributed by atoms with Gasteiger partial charge >= 0.3 is 0 Å². The molecule has 2 aromatic rings. The number of rotatable bonds is 2. The first-order chi connectivity index (χ1) is 7.61. The van der Waals surface area contributed by atoms with Crippen LogP contribution in [0.25, 0.3) is 5.69 Å². The summed E-state index contributed by atoms with van der Waals surface area (Å²) in [6, 6.07) is 8.12. The minimum absolute atomic E-state index is 0.515. The van der Waals surface area contributed by atoms with Gasteiger partial charge in [-0.2, -0.15) is 5.10 Å². The van der Waals surface area contributed by atoms with Gasteiger partial charge in [0.2, 0.25) is 0 Å². The molecule has 2 N–H and O–H groups in total. The van der Waals surface area contributed by atoms with Gasteiger partial charge in [-0.3, -0.25) is 0 Å². The molecule has 0 fully saturated rings. The van der Waals surface area contributed by atoms with E-state index in [-0.39, 0.29) is 0 Å². The Hall–Kier alpha value is -1.13. The van der Waals surface area contributed by atoms with E-state index in [1.54, 1.807) is 0 Å². The van der Waals surface area contributed by atoms with E-state index in [4.69, 9.17) is 5.73 Å².